The van der Waals surface area contributed by atoms with E-state index in [2.05, 4.69) is 20.7 Å². The Hall–Kier alpha value is -1.10. The highest BCUT2D eigenvalue weighted by Crippen LogP contribution is 2.26. The van der Waals surface area contributed by atoms with E-state index in [1.54, 1.807) is 0 Å². The number of nitrogen functional groups attached to an aromatic ring is 1. The zero-order valence-electron chi connectivity index (χ0n) is 7.51. The second kappa shape index (κ2) is 4.41. The van der Waals surface area contributed by atoms with Gasteiger partial charge < -0.3 is 10.5 Å². The smallest absolute Gasteiger partial charge is 0.310 e. The molecule has 1 aromatic carbocycles. The molecule has 0 aliphatic rings. The summed E-state index contributed by atoms with van der Waals surface area (Å²) < 4.78 is 17.6. The van der Waals surface area contributed by atoms with Gasteiger partial charge in [0.1, 0.15) is 5.82 Å². The van der Waals surface area contributed by atoms with Crippen molar-refractivity contribution in [1.29, 1.82) is 0 Å². The summed E-state index contributed by atoms with van der Waals surface area (Å²) in [5, 5.41) is 0. The van der Waals surface area contributed by atoms with Crippen molar-refractivity contribution < 1.29 is 13.9 Å². The zero-order valence-corrected chi connectivity index (χ0v) is 9.10. The fourth-order valence-electron chi connectivity index (χ4n) is 0.988. The van der Waals surface area contributed by atoms with Gasteiger partial charge in [0.05, 0.1) is 23.7 Å². The van der Waals surface area contributed by atoms with Gasteiger partial charge in [0.15, 0.2) is 0 Å². The lowest BCUT2D eigenvalue weighted by molar-refractivity contribution is -0.139. The number of nitrogens with two attached hydrogens (primary N) is 1. The number of methoxy groups -OCH3 is 1. The number of benzene rings is 1. The number of anilines is 1. The molecule has 0 aliphatic carbocycles. The molecule has 0 bridgehead atoms. The first kappa shape index (κ1) is 11.0. The van der Waals surface area contributed by atoms with Crippen LogP contribution >= 0.6 is 15.9 Å². The predicted octanol–water partition coefficient (Wildman–Crippen LogP) is 1.89. The van der Waals surface area contributed by atoms with Gasteiger partial charge in [-0.1, -0.05) is 6.07 Å². The van der Waals surface area contributed by atoms with E-state index < -0.39 is 11.8 Å². The Labute approximate surface area is 89.2 Å². The number of esters is 1. The first-order valence-electron chi connectivity index (χ1n) is 3.85. The van der Waals surface area contributed by atoms with Crippen molar-refractivity contribution in [2.45, 2.75) is 6.42 Å². The number of halogens is 2. The Morgan fingerprint density at radius 2 is 2.29 bits per heavy atom. The van der Waals surface area contributed by atoms with Crippen molar-refractivity contribution in [3.8, 4) is 0 Å². The van der Waals surface area contributed by atoms with E-state index in [4.69, 9.17) is 5.73 Å². The van der Waals surface area contributed by atoms with Crippen LogP contribution < -0.4 is 5.73 Å². The van der Waals surface area contributed by atoms with Crippen molar-refractivity contribution >= 4 is 27.6 Å². The summed E-state index contributed by atoms with van der Waals surface area (Å²) in [5.41, 5.74) is 6.37. The average molecular weight is 262 g/mol. The van der Waals surface area contributed by atoms with Crippen LogP contribution in [0.4, 0.5) is 10.1 Å². The van der Waals surface area contributed by atoms with Crippen LogP contribution in [-0.2, 0) is 16.0 Å². The molecular weight excluding hydrogens is 253 g/mol. The molecule has 2 N–H and O–H groups in total. The Morgan fingerprint density at radius 3 is 2.86 bits per heavy atom. The Bertz CT molecular complexity index is 368. The van der Waals surface area contributed by atoms with Gasteiger partial charge in [0.25, 0.3) is 0 Å². The maximum atomic E-state index is 12.9. The lowest BCUT2D eigenvalue weighted by Gasteiger charge is -2.06. The minimum atomic E-state index is -0.448. The largest absolute Gasteiger partial charge is 0.469 e. The maximum Gasteiger partial charge on any atom is 0.310 e. The number of ether oxygens (including phenoxy) is 1. The third-order valence-corrected chi connectivity index (χ3v) is 2.59. The monoisotopic (exact) mass is 261 g/mol. The standard InChI is InChI=1S/C9H9BrFNO2/c1-14-7(13)4-5-2-3-6(11)8(10)9(5)12/h2-3H,4,12H2,1H3. The number of carbonyl (C=O) groups is 1. The van der Waals surface area contributed by atoms with E-state index in [0.717, 1.165) is 0 Å². The molecule has 1 rings (SSSR count). The molecule has 0 unspecified atom stereocenters. The topological polar surface area (TPSA) is 52.3 Å². The first-order chi connectivity index (χ1) is 6.56. The number of carbonyl (C=O) groups excluding carboxylic acids is 1. The molecule has 0 amide bonds. The van der Waals surface area contributed by atoms with Gasteiger partial charge in [-0.15, -0.1) is 0 Å². The molecule has 1 aromatic rings. The van der Waals surface area contributed by atoms with Gasteiger partial charge in [-0.2, -0.15) is 0 Å². The summed E-state index contributed by atoms with van der Waals surface area (Å²) in [7, 11) is 1.29. The highest BCUT2D eigenvalue weighted by molar-refractivity contribution is 9.10. The molecule has 5 heteroatoms. The van der Waals surface area contributed by atoms with Crippen LogP contribution in [0.25, 0.3) is 0 Å². The van der Waals surface area contributed by atoms with Gasteiger partial charge in [0, 0.05) is 0 Å². The van der Waals surface area contributed by atoms with Gasteiger partial charge in [-0.25, -0.2) is 4.39 Å². The minimum absolute atomic E-state index is 0.0429. The highest BCUT2D eigenvalue weighted by atomic mass is 79.9. The lowest BCUT2D eigenvalue weighted by Crippen LogP contribution is -2.07. The molecule has 0 saturated carbocycles. The maximum absolute atomic E-state index is 12.9. The average Bonchev–Trinajstić information content (AvgIpc) is 2.19. The van der Waals surface area contributed by atoms with E-state index in [9.17, 15) is 9.18 Å². The van der Waals surface area contributed by atoms with Crippen LogP contribution in [0, 0.1) is 5.82 Å². The van der Waals surface area contributed by atoms with Gasteiger partial charge in [0.2, 0.25) is 0 Å². The minimum Gasteiger partial charge on any atom is -0.469 e. The Morgan fingerprint density at radius 1 is 1.64 bits per heavy atom. The molecule has 14 heavy (non-hydrogen) atoms. The highest BCUT2D eigenvalue weighted by Gasteiger charge is 2.11. The van der Waals surface area contributed by atoms with E-state index in [1.165, 1.54) is 19.2 Å². The van der Waals surface area contributed by atoms with Gasteiger partial charge in [-0.05, 0) is 27.6 Å². The van der Waals surface area contributed by atoms with E-state index in [1.807, 2.05) is 0 Å². The van der Waals surface area contributed by atoms with Gasteiger partial charge in [-0.3, -0.25) is 4.79 Å². The van der Waals surface area contributed by atoms with E-state index in [-0.39, 0.29) is 16.6 Å². The van der Waals surface area contributed by atoms with Crippen molar-refractivity contribution in [2.75, 3.05) is 12.8 Å². The molecule has 0 radical (unpaired) electrons. The third kappa shape index (κ3) is 2.23. The molecule has 0 fully saturated rings. The van der Waals surface area contributed by atoms with Crippen LogP contribution in [0.15, 0.2) is 16.6 Å². The summed E-state index contributed by atoms with van der Waals surface area (Å²) in [6.45, 7) is 0. The number of hydrogen-bond donors (Lipinski definition) is 1. The number of rotatable bonds is 2. The summed E-state index contributed by atoms with van der Waals surface area (Å²) in [6, 6.07) is 2.71. The zero-order chi connectivity index (χ0) is 10.7. The Kier molecular flexibility index (Phi) is 3.46. The molecule has 76 valence electrons. The lowest BCUT2D eigenvalue weighted by atomic mass is 10.1. The summed E-state index contributed by atoms with van der Waals surface area (Å²) in [5.74, 6) is -0.855. The molecule has 3 nitrogen and oxygen atoms in total. The molecule has 0 heterocycles. The SMILES string of the molecule is COC(=O)Cc1ccc(F)c(Br)c1N. The summed E-state index contributed by atoms with van der Waals surface area (Å²) >= 11 is 2.99. The molecular formula is C9H9BrFNO2. The van der Waals surface area contributed by atoms with E-state index >= 15 is 0 Å². The first-order valence-corrected chi connectivity index (χ1v) is 4.64. The van der Waals surface area contributed by atoms with Crippen LogP contribution in [0.1, 0.15) is 5.56 Å². The van der Waals surface area contributed by atoms with Crippen molar-refractivity contribution in [3.05, 3.63) is 28.0 Å². The fraction of sp³-hybridized carbons (Fsp3) is 0.222. The van der Waals surface area contributed by atoms with Gasteiger partial charge >= 0.3 is 5.97 Å². The summed E-state index contributed by atoms with van der Waals surface area (Å²) in [4.78, 5) is 10.9. The van der Waals surface area contributed by atoms with Crippen molar-refractivity contribution in [1.82, 2.24) is 0 Å². The quantitative estimate of drug-likeness (QED) is 0.654. The Balaban J connectivity index is 3.00. The van der Waals surface area contributed by atoms with E-state index in [0.29, 0.717) is 5.56 Å². The molecule has 0 aromatic heterocycles. The second-order valence-electron chi connectivity index (χ2n) is 2.69. The van der Waals surface area contributed by atoms with Crippen LogP contribution in [0.5, 0.6) is 0 Å². The molecule has 0 atom stereocenters. The molecule has 0 aliphatic heterocycles. The third-order valence-electron chi connectivity index (χ3n) is 1.79. The molecule has 0 spiro atoms. The second-order valence-corrected chi connectivity index (χ2v) is 3.48. The van der Waals surface area contributed by atoms with Crippen LogP contribution in [0.3, 0.4) is 0 Å². The normalized spacial score (nSPS) is 9.93. The fourth-order valence-corrected chi connectivity index (χ4v) is 1.37. The van der Waals surface area contributed by atoms with Crippen LogP contribution in [-0.4, -0.2) is 13.1 Å². The van der Waals surface area contributed by atoms with Crippen LogP contribution in [0.2, 0.25) is 0 Å². The predicted molar refractivity (Wildman–Crippen MR) is 54.2 cm³/mol. The van der Waals surface area contributed by atoms with Crippen molar-refractivity contribution in [3.63, 3.8) is 0 Å². The number of hydrogen-bond acceptors (Lipinski definition) is 3. The summed E-state index contributed by atoms with van der Waals surface area (Å²) in [6.07, 6.45) is 0.0429. The van der Waals surface area contributed by atoms with Crippen molar-refractivity contribution in [2.24, 2.45) is 0 Å². The molecule has 0 saturated heterocycles.